The van der Waals surface area contributed by atoms with Crippen molar-refractivity contribution in [1.82, 2.24) is 0 Å². The molecule has 0 heterocycles. The van der Waals surface area contributed by atoms with E-state index in [9.17, 15) is 0 Å². The van der Waals surface area contributed by atoms with Gasteiger partial charge in [-0.05, 0) is 5.92 Å². The van der Waals surface area contributed by atoms with Crippen molar-refractivity contribution in [1.29, 1.82) is 0 Å². The fraction of sp³-hybridized carbons (Fsp3) is 1.00. The van der Waals surface area contributed by atoms with Gasteiger partial charge in [-0.2, -0.15) is 0 Å². The standard InChI is InChI=1S/C8H16.C5H10/c1-2-8-6-4-3-5-7-8;1-2-4-5-3-1/h8H,2-7H2,1H3;1-5H2. The molecule has 0 unspecified atom stereocenters. The van der Waals surface area contributed by atoms with Gasteiger partial charge in [0, 0.05) is 0 Å². The predicted molar refractivity (Wildman–Crippen MR) is 60.0 cm³/mol. The average Bonchev–Trinajstić information content (AvgIpc) is 2.77. The molecule has 0 aromatic rings. The summed E-state index contributed by atoms with van der Waals surface area (Å²) in [4.78, 5) is 0. The van der Waals surface area contributed by atoms with E-state index in [1.165, 1.54) is 70.6 Å². The minimum atomic E-state index is 1.09. The Morgan fingerprint density at radius 3 is 1.38 bits per heavy atom. The molecule has 0 aliphatic heterocycles. The first-order valence-corrected chi connectivity index (χ1v) is 6.43. The largest absolute Gasteiger partial charge is 0.0651 e. The van der Waals surface area contributed by atoms with Crippen LogP contribution in [0, 0.1) is 5.92 Å². The Hall–Kier alpha value is 0. The molecular formula is C13H26. The van der Waals surface area contributed by atoms with E-state index in [1.807, 2.05) is 0 Å². The molecule has 2 aliphatic rings. The maximum Gasteiger partial charge on any atom is -0.0417 e. The van der Waals surface area contributed by atoms with Crippen molar-refractivity contribution in [2.75, 3.05) is 0 Å². The normalized spacial score (nSPS) is 23.8. The van der Waals surface area contributed by atoms with Crippen LogP contribution in [0.3, 0.4) is 0 Å². The lowest BCUT2D eigenvalue weighted by atomic mass is 9.88. The van der Waals surface area contributed by atoms with Gasteiger partial charge in [0.15, 0.2) is 0 Å². The summed E-state index contributed by atoms with van der Waals surface area (Å²) in [5.41, 5.74) is 0. The fourth-order valence-electron chi connectivity index (χ4n) is 2.48. The van der Waals surface area contributed by atoms with Crippen LogP contribution in [0.1, 0.15) is 77.6 Å². The molecule has 0 saturated heterocycles. The second kappa shape index (κ2) is 7.41. The Labute approximate surface area is 84.1 Å². The van der Waals surface area contributed by atoms with Gasteiger partial charge in [0.05, 0.1) is 0 Å². The van der Waals surface area contributed by atoms with Crippen LogP contribution >= 0.6 is 0 Å². The third kappa shape index (κ3) is 5.33. The van der Waals surface area contributed by atoms with E-state index >= 15 is 0 Å². The molecule has 0 nitrogen and oxygen atoms in total. The van der Waals surface area contributed by atoms with E-state index in [0.717, 1.165) is 5.92 Å². The molecule has 13 heavy (non-hydrogen) atoms. The topological polar surface area (TPSA) is 0 Å². The van der Waals surface area contributed by atoms with Gasteiger partial charge in [0.25, 0.3) is 0 Å². The Morgan fingerprint density at radius 2 is 1.08 bits per heavy atom. The van der Waals surface area contributed by atoms with Crippen LogP contribution < -0.4 is 0 Å². The van der Waals surface area contributed by atoms with Crippen LogP contribution in [0.15, 0.2) is 0 Å². The van der Waals surface area contributed by atoms with Crippen molar-refractivity contribution in [2.45, 2.75) is 77.6 Å². The summed E-state index contributed by atoms with van der Waals surface area (Å²) >= 11 is 0. The molecule has 0 N–H and O–H groups in total. The lowest BCUT2D eigenvalue weighted by Gasteiger charge is -2.18. The van der Waals surface area contributed by atoms with Crippen molar-refractivity contribution in [3.05, 3.63) is 0 Å². The summed E-state index contributed by atoms with van der Waals surface area (Å²) in [5.74, 6) is 1.09. The highest BCUT2D eigenvalue weighted by Crippen LogP contribution is 2.25. The van der Waals surface area contributed by atoms with Crippen molar-refractivity contribution in [3.63, 3.8) is 0 Å². The zero-order valence-corrected chi connectivity index (χ0v) is 9.36. The second-order valence-corrected chi connectivity index (χ2v) is 4.68. The third-order valence-electron chi connectivity index (χ3n) is 3.55. The van der Waals surface area contributed by atoms with Gasteiger partial charge < -0.3 is 0 Å². The molecule has 2 saturated carbocycles. The molecular weight excluding hydrogens is 156 g/mol. The molecule has 2 rings (SSSR count). The van der Waals surface area contributed by atoms with E-state index in [4.69, 9.17) is 0 Å². The van der Waals surface area contributed by atoms with Gasteiger partial charge in [-0.15, -0.1) is 0 Å². The van der Waals surface area contributed by atoms with Crippen LogP contribution in [-0.2, 0) is 0 Å². The second-order valence-electron chi connectivity index (χ2n) is 4.68. The van der Waals surface area contributed by atoms with Crippen molar-refractivity contribution in [3.8, 4) is 0 Å². The Balaban J connectivity index is 0.000000145. The molecule has 78 valence electrons. The number of hydrogen-bond donors (Lipinski definition) is 0. The molecule has 0 bridgehead atoms. The van der Waals surface area contributed by atoms with E-state index in [-0.39, 0.29) is 0 Å². The van der Waals surface area contributed by atoms with E-state index in [2.05, 4.69) is 6.92 Å². The lowest BCUT2D eigenvalue weighted by molar-refractivity contribution is 0.349. The van der Waals surface area contributed by atoms with Gasteiger partial charge in [0.1, 0.15) is 0 Å². The van der Waals surface area contributed by atoms with Crippen molar-refractivity contribution < 1.29 is 0 Å². The molecule has 0 amide bonds. The molecule has 0 spiro atoms. The average molecular weight is 182 g/mol. The molecule has 0 atom stereocenters. The zero-order chi connectivity index (χ0) is 9.36. The van der Waals surface area contributed by atoms with Crippen LogP contribution in [0.2, 0.25) is 0 Å². The van der Waals surface area contributed by atoms with E-state index in [1.54, 1.807) is 0 Å². The number of hydrogen-bond acceptors (Lipinski definition) is 0. The van der Waals surface area contributed by atoms with Crippen LogP contribution in [0.25, 0.3) is 0 Å². The molecule has 0 aromatic heterocycles. The Kier molecular flexibility index (Phi) is 6.31. The minimum Gasteiger partial charge on any atom is -0.0651 e. The molecule has 0 radical (unpaired) electrons. The molecule has 0 heteroatoms. The molecule has 0 aromatic carbocycles. The summed E-state index contributed by atoms with van der Waals surface area (Å²) in [5, 5.41) is 0. The highest BCUT2D eigenvalue weighted by atomic mass is 14.2. The van der Waals surface area contributed by atoms with Gasteiger partial charge in [-0.1, -0.05) is 77.6 Å². The Bertz CT molecular complexity index is 89.0. The van der Waals surface area contributed by atoms with Gasteiger partial charge in [-0.25, -0.2) is 0 Å². The highest BCUT2D eigenvalue weighted by Gasteiger charge is 2.09. The summed E-state index contributed by atoms with van der Waals surface area (Å²) in [7, 11) is 0. The maximum absolute atomic E-state index is 2.32. The molecule has 2 aliphatic carbocycles. The van der Waals surface area contributed by atoms with Crippen LogP contribution in [-0.4, -0.2) is 0 Å². The quantitative estimate of drug-likeness (QED) is 0.539. The third-order valence-corrected chi connectivity index (χ3v) is 3.55. The van der Waals surface area contributed by atoms with Gasteiger partial charge >= 0.3 is 0 Å². The van der Waals surface area contributed by atoms with Crippen molar-refractivity contribution in [2.24, 2.45) is 5.92 Å². The van der Waals surface area contributed by atoms with Crippen LogP contribution in [0.5, 0.6) is 0 Å². The maximum atomic E-state index is 2.32. The highest BCUT2D eigenvalue weighted by molar-refractivity contribution is 4.63. The first-order valence-electron chi connectivity index (χ1n) is 6.43. The Morgan fingerprint density at radius 1 is 0.692 bits per heavy atom. The summed E-state index contributed by atoms with van der Waals surface area (Å²) in [6.07, 6.45) is 16.4. The summed E-state index contributed by atoms with van der Waals surface area (Å²) in [6, 6.07) is 0. The first kappa shape index (κ1) is 11.1. The van der Waals surface area contributed by atoms with Gasteiger partial charge in [-0.3, -0.25) is 0 Å². The summed E-state index contributed by atoms with van der Waals surface area (Å²) in [6.45, 7) is 2.32. The smallest absolute Gasteiger partial charge is 0.0417 e. The first-order chi connectivity index (χ1) is 6.43. The SMILES string of the molecule is C1CCCC1.CCC1CCCCC1. The zero-order valence-electron chi connectivity index (χ0n) is 9.36. The monoisotopic (exact) mass is 182 g/mol. The fourth-order valence-corrected chi connectivity index (χ4v) is 2.48. The minimum absolute atomic E-state index is 1.09. The number of rotatable bonds is 1. The van der Waals surface area contributed by atoms with Crippen LogP contribution in [0.4, 0.5) is 0 Å². The molecule has 2 fully saturated rings. The predicted octanol–water partition coefficient (Wildman–Crippen LogP) is 4.93. The van der Waals surface area contributed by atoms with Gasteiger partial charge in [0.2, 0.25) is 0 Å². The summed E-state index contributed by atoms with van der Waals surface area (Å²) < 4.78 is 0. The van der Waals surface area contributed by atoms with Crippen molar-refractivity contribution >= 4 is 0 Å². The lowest BCUT2D eigenvalue weighted by Crippen LogP contribution is -2.03. The van der Waals surface area contributed by atoms with E-state index in [0.29, 0.717) is 0 Å². The van der Waals surface area contributed by atoms with E-state index < -0.39 is 0 Å².